The molecule has 45 heavy (non-hydrogen) atoms. The van der Waals surface area contributed by atoms with Crippen LogP contribution in [0.15, 0.2) is 92.1 Å². The number of aliphatic hydroxyl groups is 2. The van der Waals surface area contributed by atoms with E-state index in [0.717, 1.165) is 37.8 Å². The molecule has 2 aliphatic rings. The van der Waals surface area contributed by atoms with E-state index in [1.807, 2.05) is 13.8 Å². The molecular formula is C35H40O10. The van der Waals surface area contributed by atoms with Gasteiger partial charge in [0.2, 0.25) is 0 Å². The average Bonchev–Trinajstić information content (AvgIpc) is 3.03. The van der Waals surface area contributed by atoms with Crippen molar-refractivity contribution in [1.82, 2.24) is 0 Å². The van der Waals surface area contributed by atoms with Gasteiger partial charge in [-0.2, -0.15) is 0 Å². The lowest BCUT2D eigenvalue weighted by Crippen LogP contribution is -2.43. The van der Waals surface area contributed by atoms with Gasteiger partial charge in [-0.05, 0) is 105 Å². The van der Waals surface area contributed by atoms with Crippen LogP contribution in [-0.2, 0) is 28.7 Å². The third-order valence-corrected chi connectivity index (χ3v) is 7.45. The molecule has 0 aromatic heterocycles. The van der Waals surface area contributed by atoms with E-state index in [9.17, 15) is 29.4 Å². The van der Waals surface area contributed by atoms with Crippen LogP contribution in [0.25, 0.3) is 0 Å². The van der Waals surface area contributed by atoms with Gasteiger partial charge >= 0.3 is 23.9 Å². The quantitative estimate of drug-likeness (QED) is 0.128. The predicted octanol–water partition coefficient (Wildman–Crippen LogP) is 4.84. The van der Waals surface area contributed by atoms with Gasteiger partial charge in [-0.3, -0.25) is 0 Å². The van der Waals surface area contributed by atoms with Gasteiger partial charge < -0.3 is 29.2 Å². The van der Waals surface area contributed by atoms with Gasteiger partial charge in [0.1, 0.15) is 22.7 Å². The molecule has 0 aliphatic heterocycles. The van der Waals surface area contributed by atoms with Gasteiger partial charge in [0.05, 0.1) is 0 Å². The number of hydrogen-bond acceptors (Lipinski definition) is 10. The van der Waals surface area contributed by atoms with Crippen molar-refractivity contribution in [3.8, 4) is 11.5 Å². The van der Waals surface area contributed by atoms with Crippen LogP contribution in [0.1, 0.15) is 57.9 Å². The maximum Gasteiger partial charge on any atom is 0.351 e. The fourth-order valence-corrected chi connectivity index (χ4v) is 4.67. The third kappa shape index (κ3) is 8.55. The van der Waals surface area contributed by atoms with E-state index in [1.54, 1.807) is 6.92 Å². The van der Waals surface area contributed by atoms with Crippen LogP contribution >= 0.6 is 0 Å². The summed E-state index contributed by atoms with van der Waals surface area (Å²) in [6.45, 7) is 12.4. The molecule has 2 aliphatic carbocycles. The summed E-state index contributed by atoms with van der Waals surface area (Å²) in [5.41, 5.74) is -6.10. The molecule has 0 radical (unpaired) electrons. The molecule has 0 unspecified atom stereocenters. The number of unbranched alkanes of at least 4 members (excludes halogenated alkanes) is 2. The molecular weight excluding hydrogens is 580 g/mol. The maximum absolute atomic E-state index is 13.0. The Morgan fingerprint density at radius 2 is 1.13 bits per heavy atom. The van der Waals surface area contributed by atoms with Crippen LogP contribution < -0.4 is 9.47 Å². The molecule has 0 saturated heterocycles. The monoisotopic (exact) mass is 620 g/mol. The Bertz CT molecular complexity index is 1420. The number of aryl methyl sites for hydroxylation is 1. The number of carbonyl (C=O) groups is 4. The minimum absolute atomic E-state index is 0.0642. The second-order valence-electron chi connectivity index (χ2n) is 11.1. The van der Waals surface area contributed by atoms with Crippen LogP contribution in [-0.4, -0.2) is 56.5 Å². The zero-order valence-corrected chi connectivity index (χ0v) is 25.8. The van der Waals surface area contributed by atoms with Gasteiger partial charge in [0, 0.05) is 12.2 Å². The SMILES string of the molecule is C=CC(=O)OC1(CCCC)C=CC(O)(C(=O)Oc2ccc(OC(=O)C3(O)C=CC(CCCC)(OC(=O)C=C)C=C3)c(C)c2)C=C1. The van der Waals surface area contributed by atoms with Crippen molar-refractivity contribution < 1.29 is 48.3 Å². The normalized spacial score (nSPS) is 26.5. The summed E-state index contributed by atoms with van der Waals surface area (Å²) in [6, 6.07) is 4.18. The molecule has 10 nitrogen and oxygen atoms in total. The van der Waals surface area contributed by atoms with Gasteiger partial charge in [-0.25, -0.2) is 19.2 Å². The minimum Gasteiger partial charge on any atom is -0.447 e. The first kappa shape index (κ1) is 34.9. The second kappa shape index (κ2) is 14.5. The van der Waals surface area contributed by atoms with Crippen LogP contribution in [0.2, 0.25) is 0 Å². The van der Waals surface area contributed by atoms with Crippen LogP contribution in [0.4, 0.5) is 0 Å². The number of rotatable bonds is 14. The van der Waals surface area contributed by atoms with Crippen molar-refractivity contribution in [2.45, 2.75) is 81.7 Å². The molecule has 0 spiro atoms. The van der Waals surface area contributed by atoms with Gasteiger partial charge in [-0.15, -0.1) is 0 Å². The number of benzene rings is 1. The largest absolute Gasteiger partial charge is 0.447 e. The molecule has 0 heterocycles. The lowest BCUT2D eigenvalue weighted by Gasteiger charge is -2.33. The van der Waals surface area contributed by atoms with Crippen molar-refractivity contribution in [1.29, 1.82) is 0 Å². The Hall–Kier alpha value is -4.54. The molecule has 0 bridgehead atoms. The first-order valence-electron chi connectivity index (χ1n) is 14.8. The van der Waals surface area contributed by atoms with Crippen molar-refractivity contribution in [3.05, 3.63) is 97.7 Å². The average molecular weight is 621 g/mol. The minimum atomic E-state index is -2.12. The van der Waals surface area contributed by atoms with Crippen molar-refractivity contribution in [3.63, 3.8) is 0 Å². The molecule has 0 saturated carbocycles. The Morgan fingerprint density at radius 3 is 1.51 bits per heavy atom. The van der Waals surface area contributed by atoms with Crippen molar-refractivity contribution >= 4 is 23.9 Å². The number of esters is 4. The van der Waals surface area contributed by atoms with E-state index < -0.39 is 46.3 Å². The smallest absolute Gasteiger partial charge is 0.351 e. The van der Waals surface area contributed by atoms with Crippen molar-refractivity contribution in [2.24, 2.45) is 0 Å². The molecule has 3 rings (SSSR count). The first-order valence-corrected chi connectivity index (χ1v) is 14.8. The molecule has 2 N–H and O–H groups in total. The van der Waals surface area contributed by atoms with Crippen molar-refractivity contribution in [2.75, 3.05) is 0 Å². The van der Waals surface area contributed by atoms with E-state index in [0.29, 0.717) is 18.4 Å². The lowest BCUT2D eigenvalue weighted by atomic mass is 9.86. The molecule has 0 amide bonds. The topological polar surface area (TPSA) is 146 Å². The maximum atomic E-state index is 13.0. The summed E-state index contributed by atoms with van der Waals surface area (Å²) in [6.07, 6.45) is 16.8. The molecule has 240 valence electrons. The zero-order chi connectivity index (χ0) is 33.3. The third-order valence-electron chi connectivity index (χ3n) is 7.45. The molecule has 1 aromatic rings. The summed E-state index contributed by atoms with van der Waals surface area (Å²) >= 11 is 0. The predicted molar refractivity (Wildman–Crippen MR) is 166 cm³/mol. The Balaban J connectivity index is 1.70. The molecule has 0 atom stereocenters. The zero-order valence-electron chi connectivity index (χ0n) is 25.8. The van der Waals surface area contributed by atoms with Crippen LogP contribution in [0.3, 0.4) is 0 Å². The van der Waals surface area contributed by atoms with Crippen LogP contribution in [0.5, 0.6) is 11.5 Å². The van der Waals surface area contributed by atoms with Gasteiger partial charge in [-0.1, -0.05) is 39.8 Å². The Labute approximate surface area is 263 Å². The highest BCUT2D eigenvalue weighted by Crippen LogP contribution is 2.34. The van der Waals surface area contributed by atoms with Gasteiger partial charge in [0.15, 0.2) is 11.2 Å². The fourth-order valence-electron chi connectivity index (χ4n) is 4.67. The standard InChI is InChI=1S/C35H40O10/c1-6-10-14-32(44-28(36)8-3)16-20-34(40,21-17-32)30(38)42-26-12-13-27(25(5)24-26)43-31(39)35(41)22-18-33(19-23-35,15-11-7-2)45-29(37)9-4/h8-9,12-13,16-24,40-41H,3-4,6-7,10-11,14-15H2,1-2,5H3. The van der Waals surface area contributed by atoms with E-state index in [-0.39, 0.29) is 11.5 Å². The summed E-state index contributed by atoms with van der Waals surface area (Å²) in [5, 5.41) is 21.9. The summed E-state index contributed by atoms with van der Waals surface area (Å²) in [7, 11) is 0. The molecule has 0 fully saturated rings. The van der Waals surface area contributed by atoms with E-state index in [4.69, 9.17) is 18.9 Å². The fraction of sp³-hybridized carbons (Fsp3) is 0.371. The summed E-state index contributed by atoms with van der Waals surface area (Å²) in [5.74, 6) is -3.12. The highest BCUT2D eigenvalue weighted by atomic mass is 16.6. The van der Waals surface area contributed by atoms with E-state index in [2.05, 4.69) is 13.2 Å². The summed E-state index contributed by atoms with van der Waals surface area (Å²) < 4.78 is 21.9. The Morgan fingerprint density at radius 1 is 0.711 bits per heavy atom. The highest BCUT2D eigenvalue weighted by molar-refractivity contribution is 5.88. The Kier molecular flexibility index (Phi) is 11.3. The summed E-state index contributed by atoms with van der Waals surface area (Å²) in [4.78, 5) is 49.7. The van der Waals surface area contributed by atoms with Crippen LogP contribution in [0, 0.1) is 6.92 Å². The number of carbonyl (C=O) groups excluding carboxylic acids is 4. The second-order valence-corrected chi connectivity index (χ2v) is 11.1. The highest BCUT2D eigenvalue weighted by Gasteiger charge is 2.42. The van der Waals surface area contributed by atoms with E-state index >= 15 is 0 Å². The number of ether oxygens (including phenoxy) is 4. The molecule has 10 heteroatoms. The number of hydrogen-bond donors (Lipinski definition) is 2. The first-order chi connectivity index (χ1) is 21.3. The van der Waals surface area contributed by atoms with Gasteiger partial charge in [0.25, 0.3) is 0 Å². The molecule has 1 aromatic carbocycles. The van der Waals surface area contributed by atoms with E-state index in [1.165, 1.54) is 66.8 Å². The lowest BCUT2D eigenvalue weighted by molar-refractivity contribution is -0.149.